The lowest BCUT2D eigenvalue weighted by Crippen LogP contribution is -2.05. The molecule has 0 aliphatic heterocycles. The molecule has 0 heterocycles. The summed E-state index contributed by atoms with van der Waals surface area (Å²) >= 11 is 0. The molecule has 0 atom stereocenters. The van der Waals surface area contributed by atoms with Gasteiger partial charge in [-0.15, -0.1) is 0 Å². The lowest BCUT2D eigenvalue weighted by molar-refractivity contribution is -0.113. The summed E-state index contributed by atoms with van der Waals surface area (Å²) in [5.74, 6) is 0.232. The van der Waals surface area contributed by atoms with Crippen LogP contribution in [0.3, 0.4) is 0 Å². The van der Waals surface area contributed by atoms with Crippen LogP contribution in [0.4, 0.5) is 5.69 Å². The number of aliphatic hydroxyl groups is 1. The second kappa shape index (κ2) is 6.88. The molecule has 3 nitrogen and oxygen atoms in total. The van der Waals surface area contributed by atoms with Crippen molar-refractivity contribution in [3.63, 3.8) is 0 Å². The molecule has 1 rings (SSSR count). The van der Waals surface area contributed by atoms with Crippen LogP contribution in [-0.2, 0) is 4.79 Å². The summed E-state index contributed by atoms with van der Waals surface area (Å²) in [7, 11) is 0. The van der Waals surface area contributed by atoms with E-state index in [0.717, 1.165) is 11.3 Å². The van der Waals surface area contributed by atoms with Gasteiger partial charge in [0, 0.05) is 12.6 Å². The van der Waals surface area contributed by atoms with Crippen LogP contribution in [0.1, 0.15) is 32.8 Å². The van der Waals surface area contributed by atoms with E-state index in [4.69, 9.17) is 0 Å². The number of hydrogen-bond donors (Lipinski definition) is 1. The molecule has 0 aliphatic rings. The fraction of sp³-hybridized carbons (Fsp3) is 0.375. The van der Waals surface area contributed by atoms with Gasteiger partial charge in [-0.2, -0.15) is 0 Å². The molecule has 0 saturated carbocycles. The molecule has 3 heteroatoms. The van der Waals surface area contributed by atoms with Gasteiger partial charge in [-0.1, -0.05) is 26.0 Å². The van der Waals surface area contributed by atoms with Crippen molar-refractivity contribution in [3.05, 3.63) is 41.2 Å². The number of hydrogen-bond acceptors (Lipinski definition) is 3. The number of carbonyl (C=O) groups excluding carboxylic acids is 1. The predicted molar refractivity (Wildman–Crippen MR) is 79.1 cm³/mol. The molecule has 0 aromatic heterocycles. The van der Waals surface area contributed by atoms with Crippen molar-refractivity contribution in [1.82, 2.24) is 0 Å². The second-order valence-corrected chi connectivity index (χ2v) is 5.11. The van der Waals surface area contributed by atoms with E-state index in [-0.39, 0.29) is 17.1 Å². The molecule has 0 spiro atoms. The first-order valence-electron chi connectivity index (χ1n) is 6.44. The third-order valence-electron chi connectivity index (χ3n) is 2.64. The zero-order valence-corrected chi connectivity index (χ0v) is 12.0. The predicted octanol–water partition coefficient (Wildman–Crippen LogP) is 4.14. The van der Waals surface area contributed by atoms with Crippen LogP contribution in [0, 0.1) is 12.8 Å². The molecule has 0 saturated heterocycles. The molecule has 0 fully saturated rings. The van der Waals surface area contributed by atoms with Crippen LogP contribution in [0.5, 0.6) is 0 Å². The van der Waals surface area contributed by atoms with Crippen LogP contribution >= 0.6 is 0 Å². The fourth-order valence-corrected chi connectivity index (χ4v) is 1.71. The molecular weight excluding hydrogens is 238 g/mol. The van der Waals surface area contributed by atoms with Crippen molar-refractivity contribution in [2.24, 2.45) is 10.9 Å². The average Bonchev–Trinajstić information content (AvgIpc) is 2.27. The normalized spacial score (nSPS) is 12.9. The van der Waals surface area contributed by atoms with E-state index in [1.54, 1.807) is 0 Å². The van der Waals surface area contributed by atoms with Gasteiger partial charge in [0.2, 0.25) is 0 Å². The first-order valence-corrected chi connectivity index (χ1v) is 6.44. The van der Waals surface area contributed by atoms with Crippen molar-refractivity contribution in [2.75, 3.05) is 0 Å². The van der Waals surface area contributed by atoms with Gasteiger partial charge >= 0.3 is 0 Å². The number of Topliss-reactive ketones (excluding diaryl/α,β-unsaturated/α-hetero) is 1. The van der Waals surface area contributed by atoms with Gasteiger partial charge in [-0.25, -0.2) is 0 Å². The van der Waals surface area contributed by atoms with E-state index in [2.05, 4.69) is 4.99 Å². The highest BCUT2D eigenvalue weighted by molar-refractivity contribution is 6.13. The minimum Gasteiger partial charge on any atom is -0.511 e. The summed E-state index contributed by atoms with van der Waals surface area (Å²) < 4.78 is 0. The Kier molecular flexibility index (Phi) is 5.49. The minimum atomic E-state index is -0.172. The topological polar surface area (TPSA) is 49.7 Å². The van der Waals surface area contributed by atoms with Crippen LogP contribution in [0.2, 0.25) is 0 Å². The number of aryl methyl sites for hydroxylation is 1. The molecule has 0 bridgehead atoms. The van der Waals surface area contributed by atoms with Crippen LogP contribution in [0.25, 0.3) is 0 Å². The maximum Gasteiger partial charge on any atom is 0.164 e. The second-order valence-electron chi connectivity index (χ2n) is 5.11. The quantitative estimate of drug-likeness (QED) is 0.490. The first kappa shape index (κ1) is 15.2. The van der Waals surface area contributed by atoms with E-state index in [1.165, 1.54) is 13.1 Å². The molecule has 1 N–H and O–H groups in total. The van der Waals surface area contributed by atoms with Gasteiger partial charge in [0.05, 0.1) is 11.3 Å². The zero-order chi connectivity index (χ0) is 14.4. The highest BCUT2D eigenvalue weighted by Crippen LogP contribution is 2.16. The Morgan fingerprint density at radius 1 is 1.42 bits per heavy atom. The van der Waals surface area contributed by atoms with E-state index in [0.29, 0.717) is 12.3 Å². The van der Waals surface area contributed by atoms with Crippen molar-refractivity contribution in [1.29, 1.82) is 0 Å². The van der Waals surface area contributed by atoms with Crippen molar-refractivity contribution >= 4 is 17.7 Å². The third kappa shape index (κ3) is 5.08. The van der Waals surface area contributed by atoms with E-state index >= 15 is 0 Å². The number of aliphatic imine (C=N–C) groups is 1. The van der Waals surface area contributed by atoms with Gasteiger partial charge in [-0.3, -0.25) is 9.79 Å². The van der Waals surface area contributed by atoms with Gasteiger partial charge in [0.25, 0.3) is 0 Å². The Morgan fingerprint density at radius 3 is 2.63 bits per heavy atom. The Bertz CT molecular complexity index is 513. The van der Waals surface area contributed by atoms with Gasteiger partial charge in [0.1, 0.15) is 5.76 Å². The lowest BCUT2D eigenvalue weighted by atomic mass is 10.0. The number of allylic oxidation sites excluding steroid dienone is 2. The number of carbonyl (C=O) groups is 1. The van der Waals surface area contributed by atoms with E-state index in [1.807, 2.05) is 45.0 Å². The highest BCUT2D eigenvalue weighted by atomic mass is 16.3. The first-order chi connectivity index (χ1) is 8.90. The summed E-state index contributed by atoms with van der Waals surface area (Å²) in [6, 6.07) is 7.68. The molecule has 1 aromatic rings. The Labute approximate surface area is 114 Å². The molecule has 0 radical (unpaired) electrons. The molecule has 1 aromatic carbocycles. The van der Waals surface area contributed by atoms with Gasteiger partial charge in [0.15, 0.2) is 5.78 Å². The molecule has 0 unspecified atom stereocenters. The number of ketones is 1. The Morgan fingerprint density at radius 2 is 2.11 bits per heavy atom. The number of nitrogens with zero attached hydrogens (tertiary/aromatic N) is 1. The lowest BCUT2D eigenvalue weighted by Gasteiger charge is -2.06. The Balaban J connectivity index is 3.00. The molecule has 19 heavy (non-hydrogen) atoms. The Hall–Kier alpha value is -1.90. The van der Waals surface area contributed by atoms with Crippen LogP contribution < -0.4 is 0 Å². The monoisotopic (exact) mass is 259 g/mol. The van der Waals surface area contributed by atoms with Gasteiger partial charge in [-0.05, 0) is 37.5 Å². The van der Waals surface area contributed by atoms with E-state index < -0.39 is 0 Å². The summed E-state index contributed by atoms with van der Waals surface area (Å²) in [6.45, 7) is 7.41. The largest absolute Gasteiger partial charge is 0.511 e. The average molecular weight is 259 g/mol. The third-order valence-corrected chi connectivity index (χ3v) is 2.64. The fourth-order valence-electron chi connectivity index (χ4n) is 1.71. The summed E-state index contributed by atoms with van der Waals surface area (Å²) in [4.78, 5) is 15.8. The van der Waals surface area contributed by atoms with E-state index in [9.17, 15) is 9.90 Å². The van der Waals surface area contributed by atoms with Crippen LogP contribution in [-0.4, -0.2) is 17.1 Å². The molecule has 0 aliphatic carbocycles. The number of rotatable bonds is 5. The van der Waals surface area contributed by atoms with Crippen molar-refractivity contribution in [2.45, 2.75) is 34.1 Å². The number of benzene rings is 1. The maximum absolute atomic E-state index is 11.5. The molecule has 0 amide bonds. The SMILES string of the molecule is CC(=O)C(C=Nc1cccc(C)c1)=C(O)CC(C)C. The summed E-state index contributed by atoms with van der Waals surface area (Å²) in [6.07, 6.45) is 1.93. The van der Waals surface area contributed by atoms with Crippen molar-refractivity contribution < 1.29 is 9.90 Å². The summed E-state index contributed by atoms with van der Waals surface area (Å²) in [5, 5.41) is 9.95. The van der Waals surface area contributed by atoms with Gasteiger partial charge < -0.3 is 5.11 Å². The van der Waals surface area contributed by atoms with Crippen molar-refractivity contribution in [3.8, 4) is 0 Å². The highest BCUT2D eigenvalue weighted by Gasteiger charge is 2.10. The number of aliphatic hydroxyl groups excluding tert-OH is 1. The smallest absolute Gasteiger partial charge is 0.164 e. The van der Waals surface area contributed by atoms with Crippen LogP contribution in [0.15, 0.2) is 40.6 Å². The standard InChI is InChI=1S/C16H21NO2/c1-11(2)8-16(19)15(13(4)18)10-17-14-7-5-6-12(3)9-14/h5-7,9-11,19H,8H2,1-4H3. The molecule has 102 valence electrons. The zero-order valence-electron chi connectivity index (χ0n) is 12.0. The maximum atomic E-state index is 11.5. The minimum absolute atomic E-state index is 0.110. The molecular formula is C16H21NO2. The summed E-state index contributed by atoms with van der Waals surface area (Å²) in [5.41, 5.74) is 2.17.